The van der Waals surface area contributed by atoms with Crippen LogP contribution in [-0.2, 0) is 16.6 Å². The monoisotopic (exact) mass is 391 g/mol. The Morgan fingerprint density at radius 1 is 1.21 bits per heavy atom. The van der Waals surface area contributed by atoms with E-state index in [9.17, 15) is 8.42 Å². The molecule has 2 aromatic rings. The molecule has 0 saturated carbocycles. The van der Waals surface area contributed by atoms with E-state index < -0.39 is 10.0 Å². The highest BCUT2D eigenvalue weighted by molar-refractivity contribution is 7.89. The Bertz CT molecular complexity index is 812. The van der Waals surface area contributed by atoms with Gasteiger partial charge in [-0.15, -0.1) is 10.2 Å². The lowest BCUT2D eigenvalue weighted by molar-refractivity contribution is -0.918. The summed E-state index contributed by atoms with van der Waals surface area (Å²) < 4.78 is 32.4. The van der Waals surface area contributed by atoms with Crippen molar-refractivity contribution in [1.29, 1.82) is 0 Å². The molecule has 0 aliphatic carbocycles. The van der Waals surface area contributed by atoms with Gasteiger partial charge in [0, 0.05) is 6.92 Å². The Kier molecular flexibility index (Phi) is 5.12. The number of halogens is 2. The average Bonchev–Trinajstić information content (AvgIpc) is 2.92. The Morgan fingerprint density at radius 3 is 2.38 bits per heavy atom. The number of benzene rings is 1. The van der Waals surface area contributed by atoms with Gasteiger partial charge in [0.05, 0.1) is 36.2 Å². The minimum absolute atomic E-state index is 0.0238. The van der Waals surface area contributed by atoms with Crippen molar-refractivity contribution >= 4 is 33.2 Å². The maximum Gasteiger partial charge on any atom is 0.271 e. The van der Waals surface area contributed by atoms with Gasteiger partial charge in [-0.1, -0.05) is 29.3 Å². The molecule has 1 aliphatic heterocycles. The molecule has 2 heterocycles. The molecular formula is C14H17Cl2N4O3S+. The number of aryl methyl sites for hydroxylation is 1. The summed E-state index contributed by atoms with van der Waals surface area (Å²) in [6.45, 7) is 4.37. The molecule has 7 nitrogen and oxygen atoms in total. The molecule has 1 aromatic heterocycles. The number of sulfonamides is 1. The molecule has 0 amide bonds. The molecule has 1 N–H and O–H groups in total. The zero-order chi connectivity index (χ0) is 17.3. The van der Waals surface area contributed by atoms with Crippen molar-refractivity contribution in [2.75, 3.05) is 26.2 Å². The van der Waals surface area contributed by atoms with Crippen molar-refractivity contribution in [3.05, 3.63) is 40.0 Å². The van der Waals surface area contributed by atoms with E-state index in [0.29, 0.717) is 44.5 Å². The molecule has 0 atom stereocenters. The molecule has 1 aromatic carbocycles. The number of rotatable bonds is 4. The summed E-state index contributed by atoms with van der Waals surface area (Å²) in [5, 5.41) is 8.05. The molecule has 24 heavy (non-hydrogen) atoms. The maximum atomic E-state index is 12.8. The van der Waals surface area contributed by atoms with Gasteiger partial charge >= 0.3 is 0 Å². The minimum Gasteiger partial charge on any atom is -0.420 e. The van der Waals surface area contributed by atoms with Crippen molar-refractivity contribution < 1.29 is 17.7 Å². The van der Waals surface area contributed by atoms with Gasteiger partial charge in [-0.2, -0.15) is 4.31 Å². The standard InChI is InChI=1S/C14H16Cl2N4O3S/c1-10-17-18-13(23-10)9-19-5-7-20(8-6-19)24(21,22)14-11(15)3-2-4-12(14)16/h2-4H,5-9H2,1H3/p+1. The van der Waals surface area contributed by atoms with E-state index in [-0.39, 0.29) is 14.9 Å². The molecule has 0 bridgehead atoms. The van der Waals surface area contributed by atoms with Crippen LogP contribution in [0.3, 0.4) is 0 Å². The van der Waals surface area contributed by atoms with E-state index in [1.807, 2.05) is 0 Å². The Morgan fingerprint density at radius 2 is 1.83 bits per heavy atom. The van der Waals surface area contributed by atoms with Crippen molar-refractivity contribution in [1.82, 2.24) is 14.5 Å². The van der Waals surface area contributed by atoms with Crippen LogP contribution in [0.4, 0.5) is 0 Å². The van der Waals surface area contributed by atoms with Crippen LogP contribution < -0.4 is 4.90 Å². The van der Waals surface area contributed by atoms with Crippen LogP contribution in [0, 0.1) is 6.92 Å². The van der Waals surface area contributed by atoms with Crippen LogP contribution in [0.2, 0.25) is 10.0 Å². The second-order valence-electron chi connectivity index (χ2n) is 5.60. The highest BCUT2D eigenvalue weighted by atomic mass is 35.5. The number of hydrogen-bond donors (Lipinski definition) is 1. The summed E-state index contributed by atoms with van der Waals surface area (Å²) in [6.07, 6.45) is 0. The summed E-state index contributed by atoms with van der Waals surface area (Å²) in [5.41, 5.74) is 0. The first-order valence-corrected chi connectivity index (χ1v) is 9.64. The number of quaternary nitrogens is 1. The summed E-state index contributed by atoms with van der Waals surface area (Å²) in [7, 11) is -3.71. The van der Waals surface area contributed by atoms with Gasteiger partial charge in [0.25, 0.3) is 5.89 Å². The molecule has 1 aliphatic rings. The first kappa shape index (κ1) is 17.6. The first-order chi connectivity index (χ1) is 11.4. The molecule has 3 rings (SSSR count). The lowest BCUT2D eigenvalue weighted by atomic mass is 10.3. The highest BCUT2D eigenvalue weighted by Gasteiger charge is 2.33. The SMILES string of the molecule is Cc1nnc(C[NH+]2CCN(S(=O)(=O)c3c(Cl)cccc3Cl)CC2)o1. The Labute approximate surface area is 150 Å². The van der Waals surface area contributed by atoms with Crippen LogP contribution in [0.1, 0.15) is 11.8 Å². The third kappa shape index (κ3) is 3.57. The van der Waals surface area contributed by atoms with E-state index in [4.69, 9.17) is 27.6 Å². The van der Waals surface area contributed by atoms with E-state index in [0.717, 1.165) is 0 Å². The van der Waals surface area contributed by atoms with Crippen molar-refractivity contribution in [2.45, 2.75) is 18.4 Å². The van der Waals surface area contributed by atoms with Crippen molar-refractivity contribution in [3.63, 3.8) is 0 Å². The summed E-state index contributed by atoms with van der Waals surface area (Å²) in [5.74, 6) is 1.09. The van der Waals surface area contributed by atoms with E-state index in [1.165, 1.54) is 21.3 Å². The van der Waals surface area contributed by atoms with Crippen LogP contribution in [0.5, 0.6) is 0 Å². The predicted molar refractivity (Wildman–Crippen MR) is 88.7 cm³/mol. The zero-order valence-corrected chi connectivity index (χ0v) is 15.3. The maximum absolute atomic E-state index is 12.8. The summed E-state index contributed by atoms with van der Waals surface area (Å²) in [6, 6.07) is 4.68. The molecule has 1 saturated heterocycles. The number of aromatic nitrogens is 2. The first-order valence-electron chi connectivity index (χ1n) is 7.44. The number of piperazine rings is 1. The largest absolute Gasteiger partial charge is 0.420 e. The summed E-state index contributed by atoms with van der Waals surface area (Å²) >= 11 is 12.1. The van der Waals surface area contributed by atoms with Gasteiger partial charge < -0.3 is 9.32 Å². The van der Waals surface area contributed by atoms with Gasteiger partial charge in [-0.25, -0.2) is 8.42 Å². The van der Waals surface area contributed by atoms with Gasteiger partial charge in [0.15, 0.2) is 6.54 Å². The lowest BCUT2D eigenvalue weighted by Gasteiger charge is -2.31. The second kappa shape index (κ2) is 6.97. The quantitative estimate of drug-likeness (QED) is 0.832. The number of nitrogens with one attached hydrogen (secondary N) is 1. The number of nitrogens with zero attached hydrogens (tertiary/aromatic N) is 3. The van der Waals surface area contributed by atoms with Crippen LogP contribution in [0.25, 0.3) is 0 Å². The molecule has 130 valence electrons. The van der Waals surface area contributed by atoms with Crippen LogP contribution in [0.15, 0.2) is 27.5 Å². The van der Waals surface area contributed by atoms with Crippen LogP contribution >= 0.6 is 23.2 Å². The van der Waals surface area contributed by atoms with Gasteiger partial charge in [-0.05, 0) is 12.1 Å². The minimum atomic E-state index is -3.71. The van der Waals surface area contributed by atoms with Crippen LogP contribution in [-0.4, -0.2) is 49.1 Å². The fraction of sp³-hybridized carbons (Fsp3) is 0.429. The zero-order valence-electron chi connectivity index (χ0n) is 13.0. The summed E-state index contributed by atoms with van der Waals surface area (Å²) in [4.78, 5) is 1.17. The predicted octanol–water partition coefficient (Wildman–Crippen LogP) is 0.774. The highest BCUT2D eigenvalue weighted by Crippen LogP contribution is 2.31. The second-order valence-corrected chi connectivity index (χ2v) is 8.29. The molecule has 0 radical (unpaired) electrons. The van der Waals surface area contributed by atoms with E-state index >= 15 is 0 Å². The third-order valence-electron chi connectivity index (χ3n) is 3.92. The number of hydrogen-bond acceptors (Lipinski definition) is 5. The normalized spacial score (nSPS) is 17.3. The van der Waals surface area contributed by atoms with E-state index in [1.54, 1.807) is 13.0 Å². The Balaban J connectivity index is 1.69. The molecular weight excluding hydrogens is 375 g/mol. The van der Waals surface area contributed by atoms with Gasteiger partial charge in [-0.3, -0.25) is 0 Å². The molecule has 0 spiro atoms. The molecule has 1 fully saturated rings. The fourth-order valence-electron chi connectivity index (χ4n) is 2.70. The Hall–Kier alpha value is -1.19. The fourth-order valence-corrected chi connectivity index (χ4v) is 5.23. The third-order valence-corrected chi connectivity index (χ3v) is 6.77. The van der Waals surface area contributed by atoms with Gasteiger partial charge in [0.1, 0.15) is 4.90 Å². The van der Waals surface area contributed by atoms with Crippen molar-refractivity contribution in [2.24, 2.45) is 0 Å². The smallest absolute Gasteiger partial charge is 0.271 e. The lowest BCUT2D eigenvalue weighted by Crippen LogP contribution is -3.13. The van der Waals surface area contributed by atoms with Gasteiger partial charge in [0.2, 0.25) is 15.9 Å². The topological polar surface area (TPSA) is 80.7 Å². The average molecular weight is 392 g/mol. The van der Waals surface area contributed by atoms with E-state index in [2.05, 4.69) is 10.2 Å². The van der Waals surface area contributed by atoms with Crippen molar-refractivity contribution in [3.8, 4) is 0 Å². The molecule has 10 heteroatoms. The molecule has 0 unspecified atom stereocenters.